The summed E-state index contributed by atoms with van der Waals surface area (Å²) in [6, 6.07) is 4.98. The Morgan fingerprint density at radius 3 is 2.62 bits per heavy atom. The van der Waals surface area contributed by atoms with E-state index in [0.29, 0.717) is 0 Å². The van der Waals surface area contributed by atoms with Gasteiger partial charge in [0.15, 0.2) is 0 Å². The van der Waals surface area contributed by atoms with E-state index in [4.69, 9.17) is 9.79 Å². The van der Waals surface area contributed by atoms with Crippen LogP contribution < -0.4 is 4.52 Å². The monoisotopic (exact) mass is 312 g/mol. The summed E-state index contributed by atoms with van der Waals surface area (Å²) in [4.78, 5) is 23.3. The number of nitrogens with zero attached hydrogens (tertiary/aromatic N) is 1. The second-order valence-electron chi connectivity index (χ2n) is 4.88. The van der Waals surface area contributed by atoms with Crippen LogP contribution in [0.3, 0.4) is 0 Å². The molecule has 0 aliphatic carbocycles. The molecule has 3 N–H and O–H groups in total. The van der Waals surface area contributed by atoms with Gasteiger partial charge in [-0.1, -0.05) is 13.8 Å². The molecule has 0 saturated carbocycles. The number of phosphoric acid groups is 1. The van der Waals surface area contributed by atoms with Crippen molar-refractivity contribution >= 4 is 18.7 Å². The highest BCUT2D eigenvalue weighted by Gasteiger charge is 2.16. The Labute approximate surface area is 124 Å². The summed E-state index contributed by atoms with van der Waals surface area (Å²) < 4.78 is 15.6. The largest absolute Gasteiger partial charge is 0.524 e. The van der Waals surface area contributed by atoms with E-state index in [1.165, 1.54) is 0 Å². The van der Waals surface area contributed by atoms with Crippen molar-refractivity contribution in [3.8, 4) is 5.75 Å². The van der Waals surface area contributed by atoms with Gasteiger partial charge in [0.2, 0.25) is 0 Å². The van der Waals surface area contributed by atoms with Gasteiger partial charge in [-0.2, -0.15) is 0 Å². The first-order valence-corrected chi connectivity index (χ1v) is 8.53. The molecular weight excluding hydrogens is 291 g/mol. The van der Waals surface area contributed by atoms with Gasteiger partial charge in [0.1, 0.15) is 5.75 Å². The van der Waals surface area contributed by atoms with Crippen molar-refractivity contribution in [1.29, 1.82) is 0 Å². The van der Waals surface area contributed by atoms with Crippen molar-refractivity contribution in [2.45, 2.75) is 20.3 Å². The normalized spacial score (nSPS) is 12.2. The zero-order chi connectivity index (χ0) is 15.5. The van der Waals surface area contributed by atoms with Crippen LogP contribution in [-0.2, 0) is 11.0 Å². The van der Waals surface area contributed by atoms with E-state index in [0.717, 1.165) is 42.5 Å². The molecule has 0 amide bonds. The summed E-state index contributed by atoms with van der Waals surface area (Å²) in [6.07, 6.45) is 2.82. The fourth-order valence-electron chi connectivity index (χ4n) is 2.38. The first-order valence-electron chi connectivity index (χ1n) is 7.00. The lowest BCUT2D eigenvalue weighted by atomic mass is 10.1. The highest BCUT2D eigenvalue weighted by molar-refractivity contribution is 7.46. The average Bonchev–Trinajstić information content (AvgIpc) is 2.81. The van der Waals surface area contributed by atoms with E-state index in [-0.39, 0.29) is 5.75 Å². The maximum atomic E-state index is 10.9. The Kier molecular flexibility index (Phi) is 5.06. The molecule has 1 aromatic heterocycles. The van der Waals surface area contributed by atoms with Gasteiger partial charge >= 0.3 is 7.82 Å². The third-order valence-electron chi connectivity index (χ3n) is 3.56. The molecule has 21 heavy (non-hydrogen) atoms. The minimum Gasteiger partial charge on any atom is -0.404 e. The van der Waals surface area contributed by atoms with Gasteiger partial charge in [0.25, 0.3) is 0 Å². The number of likely N-dealkylation sites (N-methyl/N-ethyl adjacent to an activating group) is 1. The smallest absolute Gasteiger partial charge is 0.404 e. The molecule has 0 atom stereocenters. The molecule has 0 radical (unpaired) electrons. The van der Waals surface area contributed by atoms with E-state index in [9.17, 15) is 4.57 Å². The van der Waals surface area contributed by atoms with Crippen molar-refractivity contribution in [1.82, 2.24) is 9.88 Å². The molecule has 0 bridgehead atoms. The highest BCUT2D eigenvalue weighted by atomic mass is 31.2. The summed E-state index contributed by atoms with van der Waals surface area (Å²) in [5, 5.41) is 0.938. The zero-order valence-electron chi connectivity index (χ0n) is 12.2. The zero-order valence-corrected chi connectivity index (χ0v) is 13.1. The summed E-state index contributed by atoms with van der Waals surface area (Å²) >= 11 is 0. The van der Waals surface area contributed by atoms with Crippen LogP contribution in [0.15, 0.2) is 24.4 Å². The van der Waals surface area contributed by atoms with Gasteiger partial charge in [-0.25, -0.2) is 4.57 Å². The Balaban J connectivity index is 2.20. The molecule has 6 nitrogen and oxygen atoms in total. The molecule has 0 spiro atoms. The molecule has 0 aliphatic heterocycles. The molecule has 0 unspecified atom stereocenters. The number of phosphoric ester groups is 1. The minimum atomic E-state index is -4.52. The van der Waals surface area contributed by atoms with Crippen LogP contribution in [0.4, 0.5) is 0 Å². The van der Waals surface area contributed by atoms with E-state index >= 15 is 0 Å². The Bertz CT molecular complexity index is 645. The lowest BCUT2D eigenvalue weighted by Gasteiger charge is -2.17. The van der Waals surface area contributed by atoms with Crippen LogP contribution in [0.5, 0.6) is 5.75 Å². The van der Waals surface area contributed by atoms with Crippen LogP contribution in [0.1, 0.15) is 19.4 Å². The number of aromatic amines is 1. The molecule has 7 heteroatoms. The first kappa shape index (κ1) is 16.0. The van der Waals surface area contributed by atoms with Gasteiger partial charge in [0, 0.05) is 23.6 Å². The van der Waals surface area contributed by atoms with Crippen molar-refractivity contribution in [3.63, 3.8) is 0 Å². The number of hydrogen-bond donors (Lipinski definition) is 3. The third kappa shape index (κ3) is 4.32. The van der Waals surface area contributed by atoms with Gasteiger partial charge in [-0.3, -0.25) is 9.79 Å². The van der Waals surface area contributed by atoms with Gasteiger partial charge < -0.3 is 14.4 Å². The number of aromatic nitrogens is 1. The quantitative estimate of drug-likeness (QED) is 0.684. The lowest BCUT2D eigenvalue weighted by Crippen LogP contribution is -2.25. The SMILES string of the molecule is CCN(CC)CCc1c[nH]c2ccc(OP(=O)(O)O)cc12. The van der Waals surface area contributed by atoms with Crippen LogP contribution in [0, 0.1) is 0 Å². The molecule has 2 rings (SSSR count). The second-order valence-corrected chi connectivity index (χ2v) is 6.04. The summed E-state index contributed by atoms with van der Waals surface area (Å²) in [5.41, 5.74) is 2.05. The topological polar surface area (TPSA) is 85.8 Å². The molecule has 116 valence electrons. The molecular formula is C14H21N2O4P. The van der Waals surface area contributed by atoms with Crippen LogP contribution in [0.25, 0.3) is 10.9 Å². The van der Waals surface area contributed by atoms with E-state index in [2.05, 4.69) is 28.3 Å². The third-order valence-corrected chi connectivity index (χ3v) is 4.00. The van der Waals surface area contributed by atoms with Crippen LogP contribution in [0.2, 0.25) is 0 Å². The first-order chi connectivity index (χ1) is 9.93. The second kappa shape index (κ2) is 6.62. The number of rotatable bonds is 7. The number of nitrogens with one attached hydrogen (secondary N) is 1. The maximum absolute atomic E-state index is 10.9. The van der Waals surface area contributed by atoms with E-state index in [1.807, 2.05) is 6.20 Å². The number of hydrogen-bond acceptors (Lipinski definition) is 3. The molecule has 1 heterocycles. The summed E-state index contributed by atoms with van der Waals surface area (Å²) in [5.74, 6) is 0.180. The van der Waals surface area contributed by atoms with Gasteiger partial charge in [-0.05, 0) is 43.3 Å². The lowest BCUT2D eigenvalue weighted by molar-refractivity contribution is 0.283. The molecule has 2 aromatic rings. The predicted molar refractivity (Wildman–Crippen MR) is 82.5 cm³/mol. The summed E-state index contributed by atoms with van der Waals surface area (Å²) in [6.45, 7) is 7.22. The predicted octanol–water partition coefficient (Wildman–Crippen LogP) is 2.52. The fraction of sp³-hybridized carbons (Fsp3) is 0.429. The van der Waals surface area contributed by atoms with Gasteiger partial charge in [-0.15, -0.1) is 0 Å². The standard InChI is InChI=1S/C14H21N2O4P/c1-3-16(4-2)8-7-11-10-15-14-6-5-12(9-13(11)14)20-21(17,18)19/h5-6,9-10,15H,3-4,7-8H2,1-2H3,(H2,17,18,19). The highest BCUT2D eigenvalue weighted by Crippen LogP contribution is 2.38. The van der Waals surface area contributed by atoms with Crippen molar-refractivity contribution in [2.75, 3.05) is 19.6 Å². The minimum absolute atomic E-state index is 0.180. The number of fused-ring (bicyclic) bond motifs is 1. The van der Waals surface area contributed by atoms with Crippen molar-refractivity contribution < 1.29 is 18.9 Å². The number of benzene rings is 1. The molecule has 0 aliphatic rings. The van der Waals surface area contributed by atoms with Crippen molar-refractivity contribution in [3.05, 3.63) is 30.0 Å². The number of H-pyrrole nitrogens is 1. The molecule has 1 aromatic carbocycles. The molecule has 0 saturated heterocycles. The summed E-state index contributed by atoms with van der Waals surface area (Å²) in [7, 11) is -4.52. The van der Waals surface area contributed by atoms with Crippen molar-refractivity contribution in [2.24, 2.45) is 0 Å². The Morgan fingerprint density at radius 1 is 1.29 bits per heavy atom. The van der Waals surface area contributed by atoms with Gasteiger partial charge in [0.05, 0.1) is 0 Å². The van der Waals surface area contributed by atoms with Crippen LogP contribution in [-0.4, -0.2) is 39.3 Å². The fourth-order valence-corrected chi connectivity index (χ4v) is 2.77. The van der Waals surface area contributed by atoms with Crippen LogP contribution >= 0.6 is 7.82 Å². The van der Waals surface area contributed by atoms with E-state index in [1.54, 1.807) is 18.2 Å². The Morgan fingerprint density at radius 2 is 2.00 bits per heavy atom. The van der Waals surface area contributed by atoms with E-state index < -0.39 is 7.82 Å². The molecule has 0 fully saturated rings. The average molecular weight is 312 g/mol. The Hall–Kier alpha value is -1.33. The maximum Gasteiger partial charge on any atom is 0.524 e.